The topological polar surface area (TPSA) is 44.2 Å². The zero-order valence-corrected chi connectivity index (χ0v) is 28.9. The van der Waals surface area contributed by atoms with Gasteiger partial charge in [0.25, 0.3) is 0 Å². The summed E-state index contributed by atoms with van der Waals surface area (Å²) in [5.41, 5.74) is 9.39. The van der Waals surface area contributed by atoms with Crippen LogP contribution < -0.4 is 9.47 Å². The SMILES string of the molecule is Cc1cccc(C)c1-c1c(Oc2ccccc2)c(Oc2ccccc2)c(-c2cc3c(cc[s+]3-c3c(C)cccc3C)s2)c2nsnc12. The molecule has 3 aromatic heterocycles. The molecule has 8 rings (SSSR count). The van der Waals surface area contributed by atoms with Crippen molar-refractivity contribution in [1.82, 2.24) is 8.75 Å². The first-order valence-corrected chi connectivity index (χ1v) is 18.3. The minimum atomic E-state index is -0.163. The van der Waals surface area contributed by atoms with E-state index in [1.54, 1.807) is 11.3 Å². The molecular formula is C40H31N2O2S3+. The standard InChI is InChI=1S/C40H31N2O2S3/c1-24-13-11-14-25(2)33(24)35-37-36(41-46-42-37)34(31-23-32-30(45-31)21-22-47(32)40-26(3)15-12-16-27(40)4)38(43-28-17-7-5-8-18-28)39(35)44-29-19-9-6-10-20-29/h5-23H,1-4H3/q+1. The fourth-order valence-corrected chi connectivity index (χ4v) is 10.6. The Bertz CT molecular complexity index is 2370. The predicted molar refractivity (Wildman–Crippen MR) is 199 cm³/mol. The fraction of sp³-hybridized carbons (Fsp3) is 0.100. The molecule has 3 heterocycles. The molecule has 230 valence electrons. The normalized spacial score (nSPS) is 11.8. The molecule has 47 heavy (non-hydrogen) atoms. The van der Waals surface area contributed by atoms with Crippen LogP contribution in [0.5, 0.6) is 23.0 Å². The van der Waals surface area contributed by atoms with Gasteiger partial charge in [-0.2, -0.15) is 8.75 Å². The van der Waals surface area contributed by atoms with E-state index in [1.807, 2.05) is 60.7 Å². The lowest BCUT2D eigenvalue weighted by Gasteiger charge is -2.21. The van der Waals surface area contributed by atoms with Crippen molar-refractivity contribution in [3.63, 3.8) is 0 Å². The Morgan fingerprint density at radius 2 is 1.09 bits per heavy atom. The van der Waals surface area contributed by atoms with E-state index in [0.29, 0.717) is 11.5 Å². The number of para-hydroxylation sites is 2. The van der Waals surface area contributed by atoms with Gasteiger partial charge in [-0.05, 0) is 68.7 Å². The van der Waals surface area contributed by atoms with Gasteiger partial charge >= 0.3 is 0 Å². The second-order valence-electron chi connectivity index (χ2n) is 11.7. The van der Waals surface area contributed by atoms with Crippen LogP contribution in [0.3, 0.4) is 0 Å². The van der Waals surface area contributed by atoms with Gasteiger partial charge in [0, 0.05) is 38.6 Å². The third kappa shape index (κ3) is 5.21. The first-order valence-electron chi connectivity index (χ1n) is 15.4. The molecule has 0 aliphatic carbocycles. The highest BCUT2D eigenvalue weighted by molar-refractivity contribution is 7.46. The fourth-order valence-electron chi connectivity index (χ4n) is 6.36. The lowest BCUT2D eigenvalue weighted by Crippen LogP contribution is -2.00. The summed E-state index contributed by atoms with van der Waals surface area (Å²) in [5, 5.41) is 2.36. The third-order valence-corrected chi connectivity index (χ3v) is 12.6. The van der Waals surface area contributed by atoms with Crippen LogP contribution in [0.4, 0.5) is 0 Å². The summed E-state index contributed by atoms with van der Waals surface area (Å²) >= 11 is 3.00. The van der Waals surface area contributed by atoms with Gasteiger partial charge in [-0.25, -0.2) is 0 Å². The van der Waals surface area contributed by atoms with Crippen molar-refractivity contribution in [1.29, 1.82) is 0 Å². The first-order chi connectivity index (χ1) is 23.0. The van der Waals surface area contributed by atoms with E-state index in [2.05, 4.69) is 81.6 Å². The Kier molecular flexibility index (Phi) is 7.60. The Hall–Kier alpha value is -4.82. The second kappa shape index (κ2) is 12.1. The van der Waals surface area contributed by atoms with Crippen molar-refractivity contribution in [2.75, 3.05) is 0 Å². The van der Waals surface area contributed by atoms with Crippen LogP contribution >= 0.6 is 33.5 Å². The van der Waals surface area contributed by atoms with E-state index < -0.39 is 0 Å². The molecule has 7 heteroatoms. The molecule has 0 aliphatic heterocycles. The average Bonchev–Trinajstić information content (AvgIpc) is 3.81. The van der Waals surface area contributed by atoms with Gasteiger partial charge in [0.2, 0.25) is 0 Å². The third-order valence-electron chi connectivity index (χ3n) is 8.47. The average molecular weight is 668 g/mol. The monoisotopic (exact) mass is 667 g/mol. The highest BCUT2D eigenvalue weighted by Crippen LogP contribution is 2.56. The number of rotatable bonds is 7. The summed E-state index contributed by atoms with van der Waals surface area (Å²) in [6, 6.07) is 37.4. The molecule has 0 saturated heterocycles. The molecule has 0 fully saturated rings. The number of ether oxygens (including phenoxy) is 2. The summed E-state index contributed by atoms with van der Waals surface area (Å²) < 4.78 is 26.4. The predicted octanol–water partition coefficient (Wildman–Crippen LogP) is 12.8. The number of benzene rings is 5. The highest BCUT2D eigenvalue weighted by atomic mass is 32.2. The summed E-state index contributed by atoms with van der Waals surface area (Å²) in [7, 11) is -0.163. The van der Waals surface area contributed by atoms with E-state index in [1.165, 1.54) is 37.2 Å². The van der Waals surface area contributed by atoms with E-state index in [-0.39, 0.29) is 10.5 Å². The van der Waals surface area contributed by atoms with Crippen LogP contribution in [0.2, 0.25) is 0 Å². The highest BCUT2D eigenvalue weighted by Gasteiger charge is 2.32. The van der Waals surface area contributed by atoms with Crippen LogP contribution in [-0.4, -0.2) is 8.75 Å². The largest absolute Gasteiger partial charge is 0.453 e. The molecule has 1 unspecified atom stereocenters. The number of fused-ring (bicyclic) bond motifs is 2. The van der Waals surface area contributed by atoms with Gasteiger partial charge in [-0.15, -0.1) is 11.3 Å². The zero-order chi connectivity index (χ0) is 32.1. The second-order valence-corrected chi connectivity index (χ2v) is 15.1. The van der Waals surface area contributed by atoms with Crippen LogP contribution in [0, 0.1) is 27.7 Å². The Labute approximate surface area is 284 Å². The Balaban J connectivity index is 1.47. The van der Waals surface area contributed by atoms with Crippen molar-refractivity contribution >= 4 is 54.0 Å². The molecule has 5 aromatic carbocycles. The Morgan fingerprint density at radius 1 is 0.553 bits per heavy atom. The molecule has 0 amide bonds. The molecule has 0 spiro atoms. The van der Waals surface area contributed by atoms with Gasteiger partial charge in [-0.3, -0.25) is 0 Å². The molecule has 0 saturated carbocycles. The molecule has 0 radical (unpaired) electrons. The molecule has 0 bridgehead atoms. The number of thiophene rings is 2. The summed E-state index contributed by atoms with van der Waals surface area (Å²) in [6.07, 6.45) is 0. The van der Waals surface area contributed by atoms with Gasteiger partial charge in [0.05, 0.1) is 27.6 Å². The van der Waals surface area contributed by atoms with E-state index in [9.17, 15) is 0 Å². The van der Waals surface area contributed by atoms with E-state index in [4.69, 9.17) is 18.2 Å². The maximum atomic E-state index is 6.94. The molecule has 0 N–H and O–H groups in total. The van der Waals surface area contributed by atoms with Crippen molar-refractivity contribution < 1.29 is 9.47 Å². The van der Waals surface area contributed by atoms with Crippen LogP contribution in [0.25, 0.3) is 46.9 Å². The summed E-state index contributed by atoms with van der Waals surface area (Å²) in [5.74, 6) is 2.71. The lowest BCUT2D eigenvalue weighted by atomic mass is 9.92. The summed E-state index contributed by atoms with van der Waals surface area (Å²) in [6.45, 7) is 8.70. The Morgan fingerprint density at radius 3 is 1.68 bits per heavy atom. The summed E-state index contributed by atoms with van der Waals surface area (Å²) in [4.78, 5) is 2.48. The van der Waals surface area contributed by atoms with Crippen molar-refractivity contribution in [3.05, 3.63) is 137 Å². The molecule has 4 nitrogen and oxygen atoms in total. The smallest absolute Gasteiger partial charge is 0.197 e. The van der Waals surface area contributed by atoms with Gasteiger partial charge < -0.3 is 9.47 Å². The van der Waals surface area contributed by atoms with Gasteiger partial charge in [0.15, 0.2) is 21.1 Å². The number of aromatic nitrogens is 2. The minimum absolute atomic E-state index is 0.163. The number of hydrogen-bond acceptors (Lipinski definition) is 6. The van der Waals surface area contributed by atoms with Crippen molar-refractivity contribution in [2.24, 2.45) is 0 Å². The van der Waals surface area contributed by atoms with Gasteiger partial charge in [-0.1, -0.05) is 72.8 Å². The molecule has 8 aromatic rings. The van der Waals surface area contributed by atoms with Gasteiger partial charge in [0.1, 0.15) is 27.9 Å². The molecule has 1 atom stereocenters. The van der Waals surface area contributed by atoms with Crippen molar-refractivity contribution in [3.8, 4) is 49.5 Å². The lowest BCUT2D eigenvalue weighted by molar-refractivity contribution is 0.422. The van der Waals surface area contributed by atoms with Crippen LogP contribution in [0.1, 0.15) is 22.3 Å². The molecule has 0 aliphatic rings. The van der Waals surface area contributed by atoms with Crippen molar-refractivity contribution in [2.45, 2.75) is 27.7 Å². The zero-order valence-electron chi connectivity index (χ0n) is 26.4. The minimum Gasteiger partial charge on any atom is -0.453 e. The quantitative estimate of drug-likeness (QED) is 0.159. The maximum Gasteiger partial charge on any atom is 0.197 e. The van der Waals surface area contributed by atoms with Crippen LogP contribution in [0.15, 0.2) is 115 Å². The van der Waals surface area contributed by atoms with Crippen LogP contribution in [-0.2, 0) is 0 Å². The maximum absolute atomic E-state index is 6.94. The number of hydrogen-bond donors (Lipinski definition) is 0. The van der Waals surface area contributed by atoms with E-state index >= 15 is 0 Å². The van der Waals surface area contributed by atoms with E-state index in [0.717, 1.165) is 55.2 Å². The first kappa shape index (κ1) is 29.6. The number of nitrogens with zero attached hydrogens (tertiary/aromatic N) is 2. The molecular weight excluding hydrogens is 637 g/mol. The number of aryl methyl sites for hydroxylation is 4.